The van der Waals surface area contributed by atoms with Gasteiger partial charge in [0, 0.05) is 24.1 Å². The van der Waals surface area contributed by atoms with Gasteiger partial charge in [-0.2, -0.15) is 0 Å². The summed E-state index contributed by atoms with van der Waals surface area (Å²) in [7, 11) is 4.68. The van der Waals surface area contributed by atoms with Crippen molar-refractivity contribution in [2.75, 3.05) is 33.3 Å². The van der Waals surface area contributed by atoms with Gasteiger partial charge < -0.3 is 29.0 Å². The topological polar surface area (TPSA) is 92.3 Å². The number of nitrogens with one attached hydrogen (secondary N) is 1. The van der Waals surface area contributed by atoms with E-state index in [9.17, 15) is 9.59 Å². The Bertz CT molecular complexity index is 1240. The van der Waals surface area contributed by atoms with Crippen LogP contribution < -0.4 is 29.0 Å². The molecule has 8 nitrogen and oxygen atoms in total. The molecule has 0 bridgehead atoms. The highest BCUT2D eigenvalue weighted by molar-refractivity contribution is 5.96. The van der Waals surface area contributed by atoms with Gasteiger partial charge in [0.2, 0.25) is 5.91 Å². The number of carbonyl (C=O) groups is 2. The van der Waals surface area contributed by atoms with Crippen LogP contribution in [-0.2, 0) is 4.79 Å². The van der Waals surface area contributed by atoms with Gasteiger partial charge in [0.1, 0.15) is 5.75 Å². The minimum atomic E-state index is -0.513. The Balaban J connectivity index is 1.67. The Morgan fingerprint density at radius 2 is 1.60 bits per heavy atom. The molecule has 8 heteroatoms. The van der Waals surface area contributed by atoms with E-state index < -0.39 is 5.97 Å². The van der Waals surface area contributed by atoms with Gasteiger partial charge >= 0.3 is 5.97 Å². The molecule has 182 valence electrons. The zero-order chi connectivity index (χ0) is 24.9. The van der Waals surface area contributed by atoms with E-state index in [1.165, 1.54) is 0 Å². The third-order valence-corrected chi connectivity index (χ3v) is 5.79. The van der Waals surface area contributed by atoms with E-state index in [4.69, 9.17) is 23.7 Å². The molecule has 4 rings (SSSR count). The molecule has 1 heterocycles. The van der Waals surface area contributed by atoms with Crippen LogP contribution in [0.5, 0.6) is 28.7 Å². The van der Waals surface area contributed by atoms with E-state index in [-0.39, 0.29) is 18.2 Å². The molecule has 1 N–H and O–H groups in total. The van der Waals surface area contributed by atoms with Crippen LogP contribution in [-0.4, -0.2) is 39.8 Å². The highest BCUT2D eigenvalue weighted by Crippen LogP contribution is 2.44. The second-order valence-electron chi connectivity index (χ2n) is 7.86. The number of anilines is 1. The number of carbonyl (C=O) groups excluding carboxylic acids is 2. The number of hydrogen-bond donors (Lipinski definition) is 1. The van der Waals surface area contributed by atoms with Crippen molar-refractivity contribution in [2.24, 2.45) is 0 Å². The number of ether oxygens (including phenoxy) is 5. The van der Waals surface area contributed by atoms with E-state index in [0.29, 0.717) is 46.6 Å². The molecule has 0 aromatic heterocycles. The fourth-order valence-electron chi connectivity index (χ4n) is 4.07. The van der Waals surface area contributed by atoms with Gasteiger partial charge in [-0.25, -0.2) is 4.79 Å². The van der Waals surface area contributed by atoms with Gasteiger partial charge in [0.25, 0.3) is 0 Å². The quantitative estimate of drug-likeness (QED) is 0.368. The number of methoxy groups -OCH3 is 3. The highest BCUT2D eigenvalue weighted by Gasteiger charge is 2.29. The van der Waals surface area contributed by atoms with E-state index >= 15 is 0 Å². The minimum Gasteiger partial charge on any atom is -0.497 e. The van der Waals surface area contributed by atoms with Crippen molar-refractivity contribution in [1.29, 1.82) is 0 Å². The molecule has 0 radical (unpaired) electrons. The lowest BCUT2D eigenvalue weighted by Crippen LogP contribution is -2.23. The molecular formula is C27H27NO7. The molecule has 0 saturated heterocycles. The molecule has 3 aromatic carbocycles. The molecule has 0 spiro atoms. The van der Waals surface area contributed by atoms with Crippen molar-refractivity contribution in [3.63, 3.8) is 0 Å². The van der Waals surface area contributed by atoms with Crippen molar-refractivity contribution >= 4 is 17.6 Å². The number of fused-ring (bicyclic) bond motifs is 1. The first kappa shape index (κ1) is 23.9. The normalized spacial score (nSPS) is 14.4. The predicted octanol–water partition coefficient (Wildman–Crippen LogP) is 4.80. The van der Waals surface area contributed by atoms with Gasteiger partial charge in [-0.3, -0.25) is 4.79 Å². The highest BCUT2D eigenvalue weighted by atomic mass is 16.6. The Morgan fingerprint density at radius 3 is 2.26 bits per heavy atom. The summed E-state index contributed by atoms with van der Waals surface area (Å²) in [5, 5.41) is 2.91. The molecule has 0 fully saturated rings. The van der Waals surface area contributed by atoms with Crippen LogP contribution in [0.1, 0.15) is 40.7 Å². The maximum absolute atomic E-state index is 12.7. The molecular weight excluding hydrogens is 450 g/mol. The van der Waals surface area contributed by atoms with Crippen LogP contribution in [0.15, 0.2) is 54.6 Å². The summed E-state index contributed by atoms with van der Waals surface area (Å²) in [5.74, 6) is 1.59. The van der Waals surface area contributed by atoms with E-state index in [1.807, 2.05) is 25.1 Å². The summed E-state index contributed by atoms with van der Waals surface area (Å²) in [6, 6.07) is 15.6. The average molecular weight is 478 g/mol. The van der Waals surface area contributed by atoms with Crippen LogP contribution in [0, 0.1) is 0 Å². The number of esters is 1. The average Bonchev–Trinajstić information content (AvgIpc) is 2.88. The molecule has 1 aliphatic rings. The number of rotatable bonds is 8. The zero-order valence-electron chi connectivity index (χ0n) is 20.0. The summed E-state index contributed by atoms with van der Waals surface area (Å²) in [4.78, 5) is 25.2. The molecule has 35 heavy (non-hydrogen) atoms. The number of amides is 1. The first-order valence-electron chi connectivity index (χ1n) is 11.2. The molecule has 0 unspecified atom stereocenters. The summed E-state index contributed by atoms with van der Waals surface area (Å²) in [6.07, 6.45) is 0.249. The van der Waals surface area contributed by atoms with Crippen LogP contribution in [0.2, 0.25) is 0 Å². The lowest BCUT2D eigenvalue weighted by atomic mass is 9.84. The van der Waals surface area contributed by atoms with Crippen LogP contribution >= 0.6 is 0 Å². The lowest BCUT2D eigenvalue weighted by Gasteiger charge is -2.27. The largest absolute Gasteiger partial charge is 0.497 e. The third kappa shape index (κ3) is 5.01. The molecule has 1 aliphatic heterocycles. The standard InChI is InChI=1S/C27H27NO7/c1-5-34-25-12-17(8-11-22(25)35-27(30)16-6-9-18(31-2)10-7-16)19-14-26(29)28-21-15-24(33-4)23(32-3)13-20(19)21/h6-13,15,19H,5,14H2,1-4H3,(H,28,29)/t19-/m0/s1. The maximum Gasteiger partial charge on any atom is 0.343 e. The van der Waals surface area contributed by atoms with Crippen molar-refractivity contribution in [2.45, 2.75) is 19.3 Å². The minimum absolute atomic E-state index is 0.109. The Hall–Kier alpha value is -4.20. The number of benzene rings is 3. The molecule has 0 saturated carbocycles. The Labute approximate surface area is 203 Å². The monoisotopic (exact) mass is 477 g/mol. The summed E-state index contributed by atoms with van der Waals surface area (Å²) < 4.78 is 27.4. The van der Waals surface area contributed by atoms with Gasteiger partial charge in [-0.05, 0) is 60.5 Å². The fourth-order valence-corrected chi connectivity index (χ4v) is 4.07. The van der Waals surface area contributed by atoms with Gasteiger partial charge in [0.15, 0.2) is 23.0 Å². The molecule has 0 aliphatic carbocycles. The van der Waals surface area contributed by atoms with Crippen molar-refractivity contribution < 1.29 is 33.3 Å². The Kier molecular flexibility index (Phi) is 7.10. The van der Waals surface area contributed by atoms with E-state index in [1.54, 1.807) is 57.7 Å². The SMILES string of the molecule is CCOc1cc([C@@H]2CC(=O)Nc3cc(OC)c(OC)cc32)ccc1OC(=O)c1ccc(OC)cc1. The summed E-state index contributed by atoms with van der Waals surface area (Å²) in [6.45, 7) is 2.23. The lowest BCUT2D eigenvalue weighted by molar-refractivity contribution is -0.116. The van der Waals surface area contributed by atoms with Gasteiger partial charge in [0.05, 0.1) is 33.5 Å². The molecule has 3 aromatic rings. The Morgan fingerprint density at radius 1 is 0.886 bits per heavy atom. The van der Waals surface area contributed by atoms with Gasteiger partial charge in [-0.15, -0.1) is 0 Å². The first-order chi connectivity index (χ1) is 17.0. The summed E-state index contributed by atoms with van der Waals surface area (Å²) >= 11 is 0. The van der Waals surface area contributed by atoms with E-state index in [2.05, 4.69) is 5.32 Å². The zero-order valence-corrected chi connectivity index (χ0v) is 20.0. The van der Waals surface area contributed by atoms with Crippen LogP contribution in [0.4, 0.5) is 5.69 Å². The first-order valence-corrected chi connectivity index (χ1v) is 11.2. The smallest absolute Gasteiger partial charge is 0.343 e. The molecule has 1 amide bonds. The fraction of sp³-hybridized carbons (Fsp3) is 0.259. The maximum atomic E-state index is 12.7. The predicted molar refractivity (Wildman–Crippen MR) is 130 cm³/mol. The van der Waals surface area contributed by atoms with Crippen LogP contribution in [0.25, 0.3) is 0 Å². The van der Waals surface area contributed by atoms with Crippen LogP contribution in [0.3, 0.4) is 0 Å². The second-order valence-corrected chi connectivity index (χ2v) is 7.86. The number of hydrogen-bond acceptors (Lipinski definition) is 7. The summed E-state index contributed by atoms with van der Waals surface area (Å²) in [5.41, 5.74) is 2.79. The second kappa shape index (κ2) is 10.4. The van der Waals surface area contributed by atoms with Gasteiger partial charge in [-0.1, -0.05) is 6.07 Å². The third-order valence-electron chi connectivity index (χ3n) is 5.79. The van der Waals surface area contributed by atoms with Crippen molar-refractivity contribution in [1.82, 2.24) is 0 Å². The van der Waals surface area contributed by atoms with E-state index in [0.717, 1.165) is 11.1 Å². The van der Waals surface area contributed by atoms with Crippen molar-refractivity contribution in [3.05, 3.63) is 71.3 Å². The van der Waals surface area contributed by atoms with Crippen molar-refractivity contribution in [3.8, 4) is 28.7 Å². The molecule has 1 atom stereocenters.